The molecule has 3 rings (SSSR count). The van der Waals surface area contributed by atoms with Gasteiger partial charge < -0.3 is 5.73 Å². The monoisotopic (exact) mass is 266 g/mol. The molecule has 0 aliphatic carbocycles. The third-order valence-electron chi connectivity index (χ3n) is 3.04. The van der Waals surface area contributed by atoms with Gasteiger partial charge in [0.15, 0.2) is 0 Å². The smallest absolute Gasteiger partial charge is 0.127 e. The van der Waals surface area contributed by atoms with E-state index >= 15 is 0 Å². The molecule has 0 aliphatic heterocycles. The highest BCUT2D eigenvalue weighted by atomic mass is 32.2. The van der Waals surface area contributed by atoms with E-state index in [1.165, 1.54) is 15.7 Å². The molecule has 19 heavy (non-hydrogen) atoms. The number of nitrogens with two attached hydrogens (primary N) is 1. The van der Waals surface area contributed by atoms with Crippen molar-refractivity contribution in [3.8, 4) is 0 Å². The van der Waals surface area contributed by atoms with Crippen LogP contribution in [0.2, 0.25) is 0 Å². The van der Waals surface area contributed by atoms with Crippen LogP contribution in [0.15, 0.2) is 65.7 Å². The van der Waals surface area contributed by atoms with Crippen LogP contribution in [0.25, 0.3) is 10.8 Å². The van der Waals surface area contributed by atoms with Gasteiger partial charge in [-0.3, -0.25) is 0 Å². The van der Waals surface area contributed by atoms with Crippen LogP contribution in [0.4, 0.5) is 5.82 Å². The number of fused-ring (bicyclic) bond motifs is 1. The number of nitrogens with zero attached hydrogens (tertiary/aromatic N) is 1. The Bertz CT molecular complexity index is 710. The van der Waals surface area contributed by atoms with Crippen LogP contribution in [0, 0.1) is 0 Å². The lowest BCUT2D eigenvalue weighted by atomic mass is 10.1. The lowest BCUT2D eigenvalue weighted by Gasteiger charge is -2.05. The van der Waals surface area contributed by atoms with E-state index < -0.39 is 0 Å². The van der Waals surface area contributed by atoms with E-state index in [0.29, 0.717) is 5.82 Å². The molecule has 2 nitrogen and oxygen atoms in total. The van der Waals surface area contributed by atoms with Crippen LogP contribution in [-0.2, 0) is 5.75 Å². The summed E-state index contributed by atoms with van der Waals surface area (Å²) in [6.45, 7) is 0. The summed E-state index contributed by atoms with van der Waals surface area (Å²) in [7, 11) is 0. The van der Waals surface area contributed by atoms with Crippen LogP contribution in [0.1, 0.15) is 5.56 Å². The zero-order chi connectivity index (χ0) is 13.1. The molecule has 0 fully saturated rings. The second-order valence-corrected chi connectivity index (χ2v) is 5.39. The lowest BCUT2D eigenvalue weighted by Crippen LogP contribution is -1.95. The molecule has 0 spiro atoms. The van der Waals surface area contributed by atoms with E-state index in [4.69, 9.17) is 5.73 Å². The summed E-state index contributed by atoms with van der Waals surface area (Å²) in [5.74, 6) is 1.47. The fourth-order valence-corrected chi connectivity index (χ4v) is 2.93. The van der Waals surface area contributed by atoms with Gasteiger partial charge in [-0.1, -0.05) is 36.4 Å². The third-order valence-corrected chi connectivity index (χ3v) is 4.08. The number of thioether (sulfide) groups is 1. The van der Waals surface area contributed by atoms with Crippen LogP contribution in [0.5, 0.6) is 0 Å². The van der Waals surface area contributed by atoms with E-state index in [0.717, 1.165) is 11.3 Å². The number of anilines is 1. The van der Waals surface area contributed by atoms with Gasteiger partial charge in [-0.2, -0.15) is 0 Å². The summed E-state index contributed by atoms with van der Waals surface area (Å²) < 4.78 is 0. The zero-order valence-electron chi connectivity index (χ0n) is 10.4. The number of rotatable bonds is 3. The van der Waals surface area contributed by atoms with Crippen molar-refractivity contribution >= 4 is 28.4 Å². The predicted octanol–water partition coefficient (Wildman–Crippen LogP) is 4.11. The molecule has 2 aromatic carbocycles. The van der Waals surface area contributed by atoms with Gasteiger partial charge in [0.2, 0.25) is 0 Å². The Balaban J connectivity index is 1.80. The molecule has 0 amide bonds. The highest BCUT2D eigenvalue weighted by molar-refractivity contribution is 7.98. The average Bonchev–Trinajstić information content (AvgIpc) is 2.46. The standard InChI is InChI=1S/C16H14N2S/c17-16-14(6-3-9-18-16)11-19-15-8-7-12-4-1-2-5-13(12)10-15/h1-10H,11H2,(H2,17,18). The minimum absolute atomic E-state index is 0.621. The van der Waals surface area contributed by atoms with Gasteiger partial charge in [0.1, 0.15) is 5.82 Å². The first kappa shape index (κ1) is 12.1. The molecule has 0 saturated heterocycles. The van der Waals surface area contributed by atoms with E-state index in [9.17, 15) is 0 Å². The topological polar surface area (TPSA) is 38.9 Å². The average molecular weight is 266 g/mol. The highest BCUT2D eigenvalue weighted by Gasteiger charge is 2.01. The Kier molecular flexibility index (Phi) is 3.38. The van der Waals surface area contributed by atoms with E-state index in [2.05, 4.69) is 47.4 Å². The summed E-state index contributed by atoms with van der Waals surface area (Å²) in [5, 5.41) is 2.54. The second-order valence-electron chi connectivity index (χ2n) is 4.35. The molecule has 3 heteroatoms. The van der Waals surface area contributed by atoms with E-state index in [-0.39, 0.29) is 0 Å². The Morgan fingerprint density at radius 3 is 2.63 bits per heavy atom. The van der Waals surface area contributed by atoms with Crippen molar-refractivity contribution in [1.82, 2.24) is 4.98 Å². The molecule has 0 aliphatic rings. The number of hydrogen-bond acceptors (Lipinski definition) is 3. The van der Waals surface area contributed by atoms with Crippen molar-refractivity contribution in [2.75, 3.05) is 5.73 Å². The van der Waals surface area contributed by atoms with Crippen LogP contribution >= 0.6 is 11.8 Å². The maximum atomic E-state index is 5.85. The van der Waals surface area contributed by atoms with Gasteiger partial charge in [-0.25, -0.2) is 4.98 Å². The Morgan fingerprint density at radius 2 is 1.79 bits per heavy atom. The van der Waals surface area contributed by atoms with Gasteiger partial charge in [-0.15, -0.1) is 11.8 Å². The van der Waals surface area contributed by atoms with E-state index in [1.807, 2.05) is 12.1 Å². The molecular formula is C16H14N2S. The Morgan fingerprint density at radius 1 is 0.947 bits per heavy atom. The zero-order valence-corrected chi connectivity index (χ0v) is 11.2. The van der Waals surface area contributed by atoms with Crippen molar-refractivity contribution in [2.24, 2.45) is 0 Å². The van der Waals surface area contributed by atoms with Crippen molar-refractivity contribution in [2.45, 2.75) is 10.6 Å². The summed E-state index contributed by atoms with van der Waals surface area (Å²) in [6.07, 6.45) is 1.72. The fourth-order valence-electron chi connectivity index (χ4n) is 1.99. The molecule has 0 bridgehead atoms. The van der Waals surface area contributed by atoms with Gasteiger partial charge in [0.25, 0.3) is 0 Å². The molecule has 2 N–H and O–H groups in total. The molecule has 0 unspecified atom stereocenters. The van der Waals surface area contributed by atoms with Crippen LogP contribution in [-0.4, -0.2) is 4.98 Å². The maximum Gasteiger partial charge on any atom is 0.127 e. The third kappa shape index (κ3) is 2.71. The number of benzene rings is 2. The molecule has 0 atom stereocenters. The normalized spacial score (nSPS) is 10.7. The number of aromatic nitrogens is 1. The molecular weight excluding hydrogens is 252 g/mol. The SMILES string of the molecule is Nc1ncccc1CSc1ccc2ccccc2c1. The number of hydrogen-bond donors (Lipinski definition) is 1. The molecule has 1 heterocycles. The summed E-state index contributed by atoms with van der Waals surface area (Å²) in [4.78, 5) is 5.36. The molecule has 3 aromatic rings. The minimum Gasteiger partial charge on any atom is -0.383 e. The van der Waals surface area contributed by atoms with Gasteiger partial charge in [0.05, 0.1) is 0 Å². The first-order chi connectivity index (χ1) is 9.33. The number of pyridine rings is 1. The van der Waals surface area contributed by atoms with E-state index in [1.54, 1.807) is 18.0 Å². The minimum atomic E-state index is 0.621. The predicted molar refractivity (Wildman–Crippen MR) is 82.2 cm³/mol. The van der Waals surface area contributed by atoms with Crippen molar-refractivity contribution in [3.05, 3.63) is 66.4 Å². The maximum absolute atomic E-state index is 5.85. The Hall–Kier alpha value is -2.00. The van der Waals surface area contributed by atoms with Gasteiger partial charge >= 0.3 is 0 Å². The summed E-state index contributed by atoms with van der Waals surface area (Å²) in [6, 6.07) is 18.9. The first-order valence-corrected chi connectivity index (χ1v) is 7.12. The quantitative estimate of drug-likeness (QED) is 0.725. The fraction of sp³-hybridized carbons (Fsp3) is 0.0625. The van der Waals surface area contributed by atoms with Crippen molar-refractivity contribution in [1.29, 1.82) is 0 Å². The second kappa shape index (κ2) is 5.33. The lowest BCUT2D eigenvalue weighted by molar-refractivity contribution is 1.26. The van der Waals surface area contributed by atoms with Crippen LogP contribution in [0.3, 0.4) is 0 Å². The molecule has 0 saturated carbocycles. The van der Waals surface area contributed by atoms with Gasteiger partial charge in [0, 0.05) is 22.4 Å². The highest BCUT2D eigenvalue weighted by Crippen LogP contribution is 2.27. The Labute approximate surface area is 116 Å². The van der Waals surface area contributed by atoms with Gasteiger partial charge in [-0.05, 0) is 29.0 Å². The first-order valence-electron chi connectivity index (χ1n) is 6.14. The summed E-state index contributed by atoms with van der Waals surface area (Å²) in [5.41, 5.74) is 6.93. The molecule has 1 aromatic heterocycles. The largest absolute Gasteiger partial charge is 0.383 e. The number of nitrogen functional groups attached to an aromatic ring is 1. The van der Waals surface area contributed by atoms with Crippen molar-refractivity contribution in [3.63, 3.8) is 0 Å². The summed E-state index contributed by atoms with van der Waals surface area (Å²) >= 11 is 1.78. The molecule has 0 radical (unpaired) electrons. The van der Waals surface area contributed by atoms with Crippen LogP contribution < -0.4 is 5.73 Å². The van der Waals surface area contributed by atoms with Crippen molar-refractivity contribution < 1.29 is 0 Å². The molecule has 94 valence electrons.